The van der Waals surface area contributed by atoms with Gasteiger partial charge in [-0.1, -0.05) is 41.6 Å². The second-order valence-corrected chi connectivity index (χ2v) is 6.39. The van der Waals surface area contributed by atoms with Crippen LogP contribution in [0.25, 0.3) is 0 Å². The summed E-state index contributed by atoms with van der Waals surface area (Å²) in [5.74, 6) is -0.262. The van der Waals surface area contributed by atoms with E-state index in [4.69, 9.17) is 9.68 Å². The molecule has 0 saturated heterocycles. The largest absolute Gasteiger partial charge is 0.391 e. The summed E-state index contributed by atoms with van der Waals surface area (Å²) >= 11 is 0. The van der Waals surface area contributed by atoms with Gasteiger partial charge in [-0.3, -0.25) is 4.79 Å². The molecule has 1 amide bonds. The normalized spacial score (nSPS) is 12.7. The zero-order valence-electron chi connectivity index (χ0n) is 16.8. The van der Waals surface area contributed by atoms with Gasteiger partial charge in [0.05, 0.1) is 12.8 Å². The third-order valence-electron chi connectivity index (χ3n) is 4.47. The number of nitrogens with one attached hydrogen (secondary N) is 2. The minimum absolute atomic E-state index is 0.0719. The van der Waals surface area contributed by atoms with Gasteiger partial charge >= 0.3 is 0 Å². The Hall–Kier alpha value is -2.84. The molecule has 156 valence electrons. The predicted octanol–water partition coefficient (Wildman–Crippen LogP) is 3.81. The molecule has 0 fully saturated rings. The van der Waals surface area contributed by atoms with Crippen LogP contribution >= 0.6 is 0 Å². The van der Waals surface area contributed by atoms with E-state index in [0.717, 1.165) is 11.1 Å². The third kappa shape index (κ3) is 5.82. The Bertz CT molecular complexity index is 872. The maximum atomic E-state index is 12.9. The Morgan fingerprint density at radius 3 is 2.59 bits per heavy atom. The summed E-state index contributed by atoms with van der Waals surface area (Å²) < 4.78 is 25.8. The summed E-state index contributed by atoms with van der Waals surface area (Å²) in [5.41, 5.74) is 6.03. The predicted molar refractivity (Wildman–Crippen MR) is 107 cm³/mol. The van der Waals surface area contributed by atoms with Crippen molar-refractivity contribution in [2.24, 2.45) is 5.16 Å². The van der Waals surface area contributed by atoms with E-state index < -0.39 is 12.5 Å². The molecular weight excluding hydrogens is 380 g/mol. The molecule has 1 unspecified atom stereocenters. The van der Waals surface area contributed by atoms with Crippen molar-refractivity contribution in [2.45, 2.75) is 32.9 Å². The maximum absolute atomic E-state index is 12.9. The Balaban J connectivity index is 2.23. The van der Waals surface area contributed by atoms with Crippen LogP contribution in [0.15, 0.2) is 47.6 Å². The number of oxime groups is 1. The van der Waals surface area contributed by atoms with Crippen molar-refractivity contribution in [1.82, 2.24) is 10.8 Å². The van der Waals surface area contributed by atoms with Gasteiger partial charge in [0.15, 0.2) is 0 Å². The van der Waals surface area contributed by atoms with E-state index in [1.165, 1.54) is 19.2 Å². The highest BCUT2D eigenvalue weighted by Gasteiger charge is 2.23. The fraction of sp³-hybridized carbons (Fsp3) is 0.333. The number of rotatable bonds is 9. The highest BCUT2D eigenvalue weighted by atomic mass is 19.3. The SMILES string of the molecule is CNC(=O)C(NOC)c1cccc(C)c1CO/N=C(\C)c1cccc(C(F)F)c1. The van der Waals surface area contributed by atoms with Crippen LogP contribution in [-0.2, 0) is 21.1 Å². The first kappa shape index (κ1) is 22.4. The number of alkyl halides is 2. The van der Waals surface area contributed by atoms with Crippen LogP contribution in [0.4, 0.5) is 8.78 Å². The number of hydrogen-bond acceptors (Lipinski definition) is 5. The number of halogens is 2. The summed E-state index contributed by atoms with van der Waals surface area (Å²) in [6.07, 6.45) is -2.55. The van der Waals surface area contributed by atoms with Crippen LogP contribution in [0.1, 0.15) is 47.2 Å². The number of benzene rings is 2. The molecular formula is C21H25F2N3O3. The standard InChI is InChI=1S/C21H25F2N3O3/c1-13-7-5-10-17(19(26-28-4)21(27)24-3)18(13)12-29-25-14(2)15-8-6-9-16(11-15)20(22)23/h5-11,19-20,26H,12H2,1-4H3,(H,24,27)/b25-14+. The molecule has 0 bridgehead atoms. The molecule has 0 saturated carbocycles. The number of carbonyl (C=O) groups excluding carboxylic acids is 1. The first-order valence-electron chi connectivity index (χ1n) is 9.02. The second-order valence-electron chi connectivity index (χ2n) is 6.39. The van der Waals surface area contributed by atoms with E-state index in [2.05, 4.69) is 16.0 Å². The van der Waals surface area contributed by atoms with Crippen LogP contribution in [0.2, 0.25) is 0 Å². The van der Waals surface area contributed by atoms with Gasteiger partial charge < -0.3 is 15.0 Å². The van der Waals surface area contributed by atoms with Crippen molar-refractivity contribution in [2.75, 3.05) is 14.2 Å². The Morgan fingerprint density at radius 1 is 1.21 bits per heavy atom. The van der Waals surface area contributed by atoms with Gasteiger partial charge in [-0.2, -0.15) is 5.48 Å². The van der Waals surface area contributed by atoms with Gasteiger partial charge in [-0.15, -0.1) is 0 Å². The summed E-state index contributed by atoms with van der Waals surface area (Å²) in [6.45, 7) is 3.69. The van der Waals surface area contributed by atoms with E-state index in [1.807, 2.05) is 19.1 Å². The van der Waals surface area contributed by atoms with Gasteiger partial charge in [-0.05, 0) is 36.6 Å². The number of nitrogens with zero attached hydrogens (tertiary/aromatic N) is 1. The molecule has 0 aliphatic carbocycles. The van der Waals surface area contributed by atoms with Gasteiger partial charge in [0.1, 0.15) is 12.6 Å². The molecule has 1 atom stereocenters. The lowest BCUT2D eigenvalue weighted by molar-refractivity contribution is -0.126. The van der Waals surface area contributed by atoms with Crippen LogP contribution < -0.4 is 10.8 Å². The van der Waals surface area contributed by atoms with E-state index >= 15 is 0 Å². The van der Waals surface area contributed by atoms with Crippen molar-refractivity contribution in [3.63, 3.8) is 0 Å². The van der Waals surface area contributed by atoms with Crippen LogP contribution in [-0.4, -0.2) is 25.8 Å². The van der Waals surface area contributed by atoms with E-state index in [-0.39, 0.29) is 18.1 Å². The third-order valence-corrected chi connectivity index (χ3v) is 4.47. The fourth-order valence-corrected chi connectivity index (χ4v) is 2.86. The maximum Gasteiger partial charge on any atom is 0.263 e. The first-order chi connectivity index (χ1) is 13.9. The molecule has 8 heteroatoms. The fourth-order valence-electron chi connectivity index (χ4n) is 2.86. The molecule has 0 spiro atoms. The smallest absolute Gasteiger partial charge is 0.263 e. The van der Waals surface area contributed by atoms with Crippen LogP contribution in [0.5, 0.6) is 0 Å². The number of hydrogen-bond donors (Lipinski definition) is 2. The number of carbonyl (C=O) groups is 1. The summed E-state index contributed by atoms with van der Waals surface area (Å²) in [7, 11) is 2.98. The molecule has 29 heavy (non-hydrogen) atoms. The summed E-state index contributed by atoms with van der Waals surface area (Å²) in [4.78, 5) is 22.7. The van der Waals surface area contributed by atoms with Gasteiger partial charge in [0.2, 0.25) is 5.91 Å². The molecule has 0 aliphatic rings. The quantitative estimate of drug-likeness (QED) is 0.492. The minimum atomic E-state index is -2.55. The Kier molecular flexibility index (Phi) is 8.23. The Morgan fingerprint density at radius 2 is 1.93 bits per heavy atom. The highest BCUT2D eigenvalue weighted by Crippen LogP contribution is 2.23. The summed E-state index contributed by atoms with van der Waals surface area (Å²) in [6, 6.07) is 10.8. The Labute approximate surface area is 168 Å². The molecule has 6 nitrogen and oxygen atoms in total. The second kappa shape index (κ2) is 10.6. The average molecular weight is 405 g/mol. The summed E-state index contributed by atoms with van der Waals surface area (Å²) in [5, 5.41) is 6.66. The van der Waals surface area contributed by atoms with Gasteiger partial charge in [0.25, 0.3) is 6.43 Å². The lowest BCUT2D eigenvalue weighted by Gasteiger charge is -2.20. The van der Waals surface area contributed by atoms with Crippen molar-refractivity contribution in [3.8, 4) is 0 Å². The van der Waals surface area contributed by atoms with E-state index in [0.29, 0.717) is 16.8 Å². The lowest BCUT2D eigenvalue weighted by Crippen LogP contribution is -2.36. The molecule has 2 aromatic rings. The molecule has 2 N–H and O–H groups in total. The molecule has 0 aromatic heterocycles. The van der Waals surface area contributed by atoms with Crippen molar-refractivity contribution in [1.29, 1.82) is 0 Å². The zero-order chi connectivity index (χ0) is 21.4. The lowest BCUT2D eigenvalue weighted by atomic mass is 9.96. The van der Waals surface area contributed by atoms with Gasteiger partial charge in [-0.25, -0.2) is 8.78 Å². The van der Waals surface area contributed by atoms with Gasteiger partial charge in [0, 0.05) is 18.2 Å². The van der Waals surface area contributed by atoms with Crippen LogP contribution in [0, 0.1) is 6.92 Å². The van der Waals surface area contributed by atoms with Crippen molar-refractivity contribution >= 4 is 11.6 Å². The van der Waals surface area contributed by atoms with E-state index in [9.17, 15) is 13.6 Å². The topological polar surface area (TPSA) is 72.0 Å². The molecule has 0 radical (unpaired) electrons. The molecule has 2 rings (SSSR count). The van der Waals surface area contributed by atoms with Crippen molar-refractivity contribution < 1.29 is 23.3 Å². The number of hydroxylamine groups is 1. The zero-order valence-corrected chi connectivity index (χ0v) is 16.8. The molecule has 0 heterocycles. The first-order valence-corrected chi connectivity index (χ1v) is 9.02. The number of aryl methyl sites for hydroxylation is 1. The van der Waals surface area contributed by atoms with Crippen LogP contribution in [0.3, 0.4) is 0 Å². The average Bonchev–Trinajstić information content (AvgIpc) is 2.72. The number of likely N-dealkylation sites (N-methyl/N-ethyl adjacent to an activating group) is 1. The van der Waals surface area contributed by atoms with Crippen molar-refractivity contribution in [3.05, 3.63) is 70.3 Å². The van der Waals surface area contributed by atoms with E-state index in [1.54, 1.807) is 32.2 Å². The molecule has 2 aromatic carbocycles. The minimum Gasteiger partial charge on any atom is -0.391 e. The number of amides is 1. The molecule has 0 aliphatic heterocycles. The highest BCUT2D eigenvalue weighted by molar-refractivity contribution is 5.98. The monoisotopic (exact) mass is 405 g/mol.